The van der Waals surface area contributed by atoms with Crippen molar-refractivity contribution in [2.45, 2.75) is 6.42 Å². The van der Waals surface area contributed by atoms with E-state index in [1.807, 2.05) is 0 Å². The molecule has 0 fully saturated rings. The van der Waals surface area contributed by atoms with Gasteiger partial charge in [0.25, 0.3) is 0 Å². The predicted octanol–water partition coefficient (Wildman–Crippen LogP) is -1.84. The first-order chi connectivity index (χ1) is 7.31. The van der Waals surface area contributed by atoms with Gasteiger partial charge in [-0.25, -0.2) is 0 Å². The highest BCUT2D eigenvalue weighted by Gasteiger charge is 2.01. The van der Waals surface area contributed by atoms with Crippen molar-refractivity contribution in [1.29, 1.82) is 0 Å². The molecule has 0 unspecified atom stereocenters. The SMILES string of the molecule is Nc1nc(N)nc(N)n1.O=C(O)CC(=O)O. The van der Waals surface area contributed by atoms with Crippen LogP contribution in [-0.2, 0) is 9.59 Å². The molecule has 1 aromatic heterocycles. The summed E-state index contributed by atoms with van der Waals surface area (Å²) in [6.45, 7) is 0. The molecular weight excluding hydrogens is 220 g/mol. The fraction of sp³-hybridized carbons (Fsp3) is 0.167. The maximum absolute atomic E-state index is 9.43. The third kappa shape index (κ3) is 6.82. The normalized spacial score (nSPS) is 8.75. The molecule has 0 aliphatic heterocycles. The lowest BCUT2D eigenvalue weighted by Crippen LogP contribution is -2.05. The molecule has 0 aliphatic rings. The summed E-state index contributed by atoms with van der Waals surface area (Å²) in [4.78, 5) is 29.3. The highest BCUT2D eigenvalue weighted by Crippen LogP contribution is 1.97. The zero-order valence-electron chi connectivity index (χ0n) is 7.99. The van der Waals surface area contributed by atoms with Gasteiger partial charge in [0.2, 0.25) is 17.8 Å². The number of aromatic nitrogens is 3. The molecule has 1 rings (SSSR count). The minimum Gasteiger partial charge on any atom is -0.481 e. The van der Waals surface area contributed by atoms with E-state index in [4.69, 9.17) is 27.4 Å². The molecule has 1 aromatic rings. The third-order valence-electron chi connectivity index (χ3n) is 0.990. The minimum absolute atomic E-state index is 0.0417. The molecule has 0 radical (unpaired) electrons. The van der Waals surface area contributed by atoms with Gasteiger partial charge in [-0.05, 0) is 0 Å². The highest BCUT2D eigenvalue weighted by molar-refractivity contribution is 5.88. The number of rotatable bonds is 2. The molecule has 0 spiro atoms. The van der Waals surface area contributed by atoms with Crippen molar-refractivity contribution < 1.29 is 19.8 Å². The van der Waals surface area contributed by atoms with Gasteiger partial charge in [0.05, 0.1) is 0 Å². The highest BCUT2D eigenvalue weighted by atomic mass is 16.4. The van der Waals surface area contributed by atoms with Crippen LogP contribution in [0.1, 0.15) is 6.42 Å². The second-order valence-electron chi connectivity index (χ2n) is 2.37. The fourth-order valence-electron chi connectivity index (χ4n) is 0.556. The van der Waals surface area contributed by atoms with Crippen LogP contribution in [0.15, 0.2) is 0 Å². The molecule has 0 bridgehead atoms. The molecule has 0 saturated carbocycles. The summed E-state index contributed by atoms with van der Waals surface area (Å²) in [6.07, 6.45) is -0.806. The minimum atomic E-state index is -1.31. The van der Waals surface area contributed by atoms with Crippen LogP contribution in [0.2, 0.25) is 0 Å². The zero-order chi connectivity index (χ0) is 12.7. The Morgan fingerprint density at radius 1 is 0.875 bits per heavy atom. The van der Waals surface area contributed by atoms with Crippen LogP contribution >= 0.6 is 0 Å². The van der Waals surface area contributed by atoms with Gasteiger partial charge >= 0.3 is 11.9 Å². The van der Waals surface area contributed by atoms with E-state index in [1.165, 1.54) is 0 Å². The molecule has 88 valence electrons. The second-order valence-corrected chi connectivity index (χ2v) is 2.37. The van der Waals surface area contributed by atoms with E-state index in [0.29, 0.717) is 0 Å². The van der Waals surface area contributed by atoms with E-state index < -0.39 is 18.4 Å². The maximum Gasteiger partial charge on any atom is 0.314 e. The number of hydrogen-bond acceptors (Lipinski definition) is 8. The van der Waals surface area contributed by atoms with Gasteiger partial charge in [-0.15, -0.1) is 0 Å². The van der Waals surface area contributed by atoms with Crippen LogP contribution in [0.3, 0.4) is 0 Å². The van der Waals surface area contributed by atoms with Gasteiger partial charge in [-0.3, -0.25) is 9.59 Å². The van der Waals surface area contributed by atoms with Crippen LogP contribution in [0, 0.1) is 0 Å². The monoisotopic (exact) mass is 230 g/mol. The Bertz CT molecular complexity index is 332. The number of nitrogen functional groups attached to an aromatic ring is 3. The smallest absolute Gasteiger partial charge is 0.314 e. The first-order valence-corrected chi connectivity index (χ1v) is 3.77. The molecule has 10 heteroatoms. The summed E-state index contributed by atoms with van der Waals surface area (Å²) in [6, 6.07) is 0. The lowest BCUT2D eigenvalue weighted by Gasteiger charge is -1.93. The van der Waals surface area contributed by atoms with Gasteiger partial charge < -0.3 is 27.4 Å². The average molecular weight is 230 g/mol. The van der Waals surface area contributed by atoms with E-state index in [0.717, 1.165) is 0 Å². The van der Waals surface area contributed by atoms with Crippen molar-refractivity contribution >= 4 is 29.8 Å². The van der Waals surface area contributed by atoms with Gasteiger partial charge in [0, 0.05) is 0 Å². The Balaban J connectivity index is 0.000000293. The van der Waals surface area contributed by atoms with Crippen LogP contribution in [0.25, 0.3) is 0 Å². The Kier molecular flexibility index (Phi) is 4.97. The number of carboxylic acids is 2. The Labute approximate surface area is 89.1 Å². The van der Waals surface area contributed by atoms with Gasteiger partial charge in [0.1, 0.15) is 6.42 Å². The van der Waals surface area contributed by atoms with Gasteiger partial charge in [-0.1, -0.05) is 0 Å². The molecule has 0 aliphatic carbocycles. The Morgan fingerprint density at radius 3 is 1.25 bits per heavy atom. The second kappa shape index (κ2) is 5.95. The summed E-state index contributed by atoms with van der Waals surface area (Å²) in [5, 5.41) is 15.4. The maximum atomic E-state index is 9.43. The number of aliphatic carboxylic acids is 2. The zero-order valence-corrected chi connectivity index (χ0v) is 7.99. The van der Waals surface area contributed by atoms with E-state index in [2.05, 4.69) is 15.0 Å². The largest absolute Gasteiger partial charge is 0.481 e. The Hall–Kier alpha value is -2.65. The summed E-state index contributed by atoms with van der Waals surface area (Å²) < 4.78 is 0. The number of carboxylic acid groups (broad SMARTS) is 2. The van der Waals surface area contributed by atoms with Crippen molar-refractivity contribution in [2.24, 2.45) is 0 Å². The van der Waals surface area contributed by atoms with Crippen LogP contribution in [-0.4, -0.2) is 37.1 Å². The van der Waals surface area contributed by atoms with E-state index in [9.17, 15) is 9.59 Å². The van der Waals surface area contributed by atoms with Crippen LogP contribution < -0.4 is 17.2 Å². The molecule has 0 aromatic carbocycles. The molecule has 0 saturated heterocycles. The lowest BCUT2D eigenvalue weighted by atomic mass is 10.5. The topological polar surface area (TPSA) is 191 Å². The molecular formula is C6H10N6O4. The summed E-state index contributed by atoms with van der Waals surface area (Å²) >= 11 is 0. The third-order valence-corrected chi connectivity index (χ3v) is 0.990. The first-order valence-electron chi connectivity index (χ1n) is 3.77. The van der Waals surface area contributed by atoms with Crippen molar-refractivity contribution in [2.75, 3.05) is 17.2 Å². The van der Waals surface area contributed by atoms with Crippen molar-refractivity contribution in [3.8, 4) is 0 Å². The van der Waals surface area contributed by atoms with Crippen molar-refractivity contribution in [1.82, 2.24) is 15.0 Å². The van der Waals surface area contributed by atoms with E-state index in [-0.39, 0.29) is 17.8 Å². The quantitative estimate of drug-likeness (QED) is 0.360. The summed E-state index contributed by atoms with van der Waals surface area (Å²) in [7, 11) is 0. The van der Waals surface area contributed by atoms with E-state index in [1.54, 1.807) is 0 Å². The first kappa shape index (κ1) is 13.4. The molecule has 0 amide bonds. The predicted molar refractivity (Wildman–Crippen MR) is 53.0 cm³/mol. The number of nitrogens with two attached hydrogens (primary N) is 3. The number of carbonyl (C=O) groups is 2. The standard InChI is InChI=1S/C3H6N6.C3H4O4/c4-1-7-2(5)9-3(6)8-1;4-2(5)1-3(6)7/h(H6,4,5,6,7,8,9);1H2,(H,4,5)(H,6,7). The molecule has 10 nitrogen and oxygen atoms in total. The van der Waals surface area contributed by atoms with Crippen molar-refractivity contribution in [3.63, 3.8) is 0 Å². The van der Waals surface area contributed by atoms with Gasteiger partial charge in [0.15, 0.2) is 0 Å². The number of nitrogens with zero attached hydrogens (tertiary/aromatic N) is 3. The molecule has 1 heterocycles. The number of hydrogen-bond donors (Lipinski definition) is 5. The van der Waals surface area contributed by atoms with Gasteiger partial charge in [-0.2, -0.15) is 15.0 Å². The van der Waals surface area contributed by atoms with Crippen LogP contribution in [0.5, 0.6) is 0 Å². The lowest BCUT2D eigenvalue weighted by molar-refractivity contribution is -0.147. The Morgan fingerprint density at radius 2 is 1.12 bits per heavy atom. The average Bonchev–Trinajstić information content (AvgIpc) is 1.97. The number of anilines is 3. The molecule has 0 atom stereocenters. The van der Waals surface area contributed by atoms with Crippen LogP contribution in [0.4, 0.5) is 17.8 Å². The fourth-order valence-corrected chi connectivity index (χ4v) is 0.556. The summed E-state index contributed by atoms with van der Waals surface area (Å²) in [5.41, 5.74) is 15.4. The molecule has 8 N–H and O–H groups in total. The summed E-state index contributed by atoms with van der Waals surface area (Å²) in [5.74, 6) is -2.50. The van der Waals surface area contributed by atoms with Crippen molar-refractivity contribution in [3.05, 3.63) is 0 Å². The molecule has 16 heavy (non-hydrogen) atoms. The van der Waals surface area contributed by atoms with E-state index >= 15 is 0 Å².